The van der Waals surface area contributed by atoms with E-state index in [0.29, 0.717) is 5.92 Å². The number of rotatable bonds is 4. The molecule has 0 atom stereocenters. The van der Waals surface area contributed by atoms with Crippen LogP contribution in [0.5, 0.6) is 0 Å². The van der Waals surface area contributed by atoms with Crippen molar-refractivity contribution in [2.24, 2.45) is 0 Å². The number of benzene rings is 1. The molecule has 4 heterocycles. The molecule has 1 N–H and O–H groups in total. The first-order valence-electron chi connectivity index (χ1n) is 9.96. The summed E-state index contributed by atoms with van der Waals surface area (Å²) in [5, 5.41) is 12.2. The maximum Gasteiger partial charge on any atom is 0.147 e. The van der Waals surface area contributed by atoms with Crippen LogP contribution in [0.1, 0.15) is 35.3 Å². The molecule has 2 aliphatic heterocycles. The summed E-state index contributed by atoms with van der Waals surface area (Å²) in [7, 11) is 0. The lowest BCUT2D eigenvalue weighted by atomic mass is 9.95. The molecule has 0 spiro atoms. The molecule has 5 rings (SSSR count). The van der Waals surface area contributed by atoms with Crippen LogP contribution in [0.15, 0.2) is 36.4 Å². The molecule has 0 bridgehead atoms. The summed E-state index contributed by atoms with van der Waals surface area (Å²) in [4.78, 5) is 5.10. The Morgan fingerprint density at radius 1 is 1.03 bits per heavy atom. The van der Waals surface area contributed by atoms with Gasteiger partial charge in [-0.25, -0.2) is 4.39 Å². The summed E-state index contributed by atoms with van der Waals surface area (Å²) in [6, 6.07) is 11.1. The molecule has 2 aliphatic rings. The fourth-order valence-corrected chi connectivity index (χ4v) is 5.27. The van der Waals surface area contributed by atoms with Gasteiger partial charge in [0, 0.05) is 35.3 Å². The molecule has 5 nitrogen and oxygen atoms in total. The van der Waals surface area contributed by atoms with Crippen LogP contribution in [0, 0.1) is 5.82 Å². The fourth-order valence-electron chi connectivity index (χ4n) is 4.22. The van der Waals surface area contributed by atoms with E-state index in [1.54, 1.807) is 11.3 Å². The lowest BCUT2D eigenvalue weighted by Gasteiger charge is -2.31. The highest BCUT2D eigenvalue weighted by molar-refractivity contribution is 7.15. The highest BCUT2D eigenvalue weighted by Gasteiger charge is 2.27. The number of nitrogens with one attached hydrogen (secondary N) is 1. The van der Waals surface area contributed by atoms with Gasteiger partial charge in [0.25, 0.3) is 0 Å². The van der Waals surface area contributed by atoms with Crippen LogP contribution < -0.4 is 5.32 Å². The number of fused-ring (bicyclic) bond motifs is 1. The van der Waals surface area contributed by atoms with Crippen LogP contribution in [0.3, 0.4) is 0 Å². The van der Waals surface area contributed by atoms with Gasteiger partial charge in [0.1, 0.15) is 17.5 Å². The van der Waals surface area contributed by atoms with E-state index in [-0.39, 0.29) is 18.2 Å². The van der Waals surface area contributed by atoms with Gasteiger partial charge < -0.3 is 9.88 Å². The quantitative estimate of drug-likeness (QED) is 0.674. The van der Waals surface area contributed by atoms with Crippen LogP contribution in [-0.2, 0) is 19.6 Å². The Bertz CT molecular complexity index is 946. The summed E-state index contributed by atoms with van der Waals surface area (Å²) in [6.45, 7) is 6.00. The smallest absolute Gasteiger partial charge is 0.147 e. The normalized spacial score (nSPS) is 17.7. The summed E-state index contributed by atoms with van der Waals surface area (Å²) >= 11 is 1.81. The number of halogens is 2. The van der Waals surface area contributed by atoms with Gasteiger partial charge in [0.15, 0.2) is 0 Å². The van der Waals surface area contributed by atoms with Crippen LogP contribution in [0.25, 0.3) is 10.4 Å². The Labute approximate surface area is 180 Å². The zero-order chi connectivity index (χ0) is 18.9. The van der Waals surface area contributed by atoms with Gasteiger partial charge in [-0.15, -0.1) is 33.9 Å². The first kappa shape index (κ1) is 20.5. The second-order valence-electron chi connectivity index (χ2n) is 7.63. The van der Waals surface area contributed by atoms with Gasteiger partial charge in [-0.3, -0.25) is 4.90 Å². The standard InChI is InChI=1S/C21H24FN5S.ClH/c22-17-3-1-15(2-4-17)19-6-5-18(28-19)14-26-10-7-16(8-11-26)21-25-24-20-13-23-9-12-27(20)21;/h1-6,16,23H,7-14H2;1H. The number of thiophene rings is 1. The maximum atomic E-state index is 13.1. The van der Waals surface area contributed by atoms with E-state index < -0.39 is 0 Å². The van der Waals surface area contributed by atoms with Gasteiger partial charge in [-0.05, 0) is 55.8 Å². The SMILES string of the molecule is Cl.Fc1ccc(-c2ccc(CN3CCC(c4nnc5n4CCNC5)CC3)s2)cc1. The monoisotopic (exact) mass is 433 g/mol. The second kappa shape index (κ2) is 8.92. The third-order valence-electron chi connectivity index (χ3n) is 5.77. The van der Waals surface area contributed by atoms with E-state index in [4.69, 9.17) is 0 Å². The Morgan fingerprint density at radius 2 is 1.83 bits per heavy atom. The second-order valence-corrected chi connectivity index (χ2v) is 8.79. The van der Waals surface area contributed by atoms with E-state index >= 15 is 0 Å². The molecule has 3 aromatic rings. The van der Waals surface area contributed by atoms with Crippen molar-refractivity contribution in [3.8, 4) is 10.4 Å². The average Bonchev–Trinajstić information content (AvgIpc) is 3.36. The largest absolute Gasteiger partial charge is 0.312 e. The third kappa shape index (κ3) is 4.38. The van der Waals surface area contributed by atoms with Crippen LogP contribution >= 0.6 is 23.7 Å². The number of hydrogen-bond acceptors (Lipinski definition) is 5. The van der Waals surface area contributed by atoms with Gasteiger partial charge in [0.2, 0.25) is 0 Å². The predicted octanol–water partition coefficient (Wildman–Crippen LogP) is 4.05. The molecular weight excluding hydrogens is 409 g/mol. The average molecular weight is 434 g/mol. The summed E-state index contributed by atoms with van der Waals surface area (Å²) in [6.07, 6.45) is 2.28. The van der Waals surface area contributed by atoms with E-state index in [1.807, 2.05) is 12.1 Å². The van der Waals surface area contributed by atoms with Crippen molar-refractivity contribution >= 4 is 23.7 Å². The van der Waals surface area contributed by atoms with Crippen molar-refractivity contribution in [3.63, 3.8) is 0 Å². The fraction of sp³-hybridized carbons (Fsp3) is 0.429. The molecule has 8 heteroatoms. The molecule has 2 aromatic heterocycles. The Hall–Kier alpha value is -1.80. The van der Waals surface area contributed by atoms with Gasteiger partial charge in [0.05, 0.1) is 6.54 Å². The molecule has 1 saturated heterocycles. The predicted molar refractivity (Wildman–Crippen MR) is 116 cm³/mol. The van der Waals surface area contributed by atoms with Crippen molar-refractivity contribution in [3.05, 3.63) is 58.7 Å². The van der Waals surface area contributed by atoms with Gasteiger partial charge in [-0.2, -0.15) is 0 Å². The topological polar surface area (TPSA) is 46.0 Å². The van der Waals surface area contributed by atoms with Crippen molar-refractivity contribution in [1.29, 1.82) is 0 Å². The van der Waals surface area contributed by atoms with Gasteiger partial charge >= 0.3 is 0 Å². The minimum Gasteiger partial charge on any atom is -0.312 e. The molecule has 154 valence electrons. The Morgan fingerprint density at radius 3 is 2.62 bits per heavy atom. The minimum atomic E-state index is -0.186. The molecule has 0 radical (unpaired) electrons. The van der Waals surface area contributed by atoms with Crippen molar-refractivity contribution in [2.75, 3.05) is 19.6 Å². The first-order chi connectivity index (χ1) is 13.8. The van der Waals surface area contributed by atoms with E-state index in [1.165, 1.54) is 27.7 Å². The number of piperidine rings is 1. The summed E-state index contributed by atoms with van der Waals surface area (Å²) < 4.78 is 15.5. The molecule has 1 fully saturated rings. The lowest BCUT2D eigenvalue weighted by molar-refractivity contribution is 0.201. The van der Waals surface area contributed by atoms with Crippen LogP contribution in [0.4, 0.5) is 4.39 Å². The zero-order valence-electron chi connectivity index (χ0n) is 16.2. The molecule has 0 aliphatic carbocycles. The van der Waals surface area contributed by atoms with E-state index in [0.717, 1.165) is 63.5 Å². The maximum absolute atomic E-state index is 13.1. The lowest BCUT2D eigenvalue weighted by Crippen LogP contribution is -2.34. The highest BCUT2D eigenvalue weighted by atomic mass is 35.5. The molecule has 29 heavy (non-hydrogen) atoms. The molecule has 0 saturated carbocycles. The molecular formula is C21H25ClFN5S. The molecule has 0 unspecified atom stereocenters. The molecule has 1 aromatic carbocycles. The Balaban J connectivity index is 0.00000205. The highest BCUT2D eigenvalue weighted by Crippen LogP contribution is 2.32. The van der Waals surface area contributed by atoms with Crippen molar-refractivity contribution < 1.29 is 4.39 Å². The van der Waals surface area contributed by atoms with Crippen molar-refractivity contribution in [1.82, 2.24) is 25.0 Å². The number of aromatic nitrogens is 3. The molecule has 0 amide bonds. The van der Waals surface area contributed by atoms with Crippen LogP contribution in [-0.4, -0.2) is 39.3 Å². The first-order valence-corrected chi connectivity index (χ1v) is 10.8. The number of nitrogens with zero attached hydrogens (tertiary/aromatic N) is 4. The van der Waals surface area contributed by atoms with E-state index in [9.17, 15) is 4.39 Å². The number of hydrogen-bond donors (Lipinski definition) is 1. The summed E-state index contributed by atoms with van der Waals surface area (Å²) in [5.41, 5.74) is 1.09. The Kier molecular flexibility index (Phi) is 6.29. The number of likely N-dealkylation sites (tertiary alicyclic amines) is 1. The summed E-state index contributed by atoms with van der Waals surface area (Å²) in [5.74, 6) is 2.60. The van der Waals surface area contributed by atoms with Crippen LogP contribution in [0.2, 0.25) is 0 Å². The van der Waals surface area contributed by atoms with E-state index in [2.05, 4.69) is 37.1 Å². The van der Waals surface area contributed by atoms with Crippen molar-refractivity contribution in [2.45, 2.75) is 38.4 Å². The van der Waals surface area contributed by atoms with Gasteiger partial charge in [-0.1, -0.05) is 12.1 Å². The minimum absolute atomic E-state index is 0. The zero-order valence-corrected chi connectivity index (χ0v) is 17.8. The third-order valence-corrected chi connectivity index (χ3v) is 6.89.